The summed E-state index contributed by atoms with van der Waals surface area (Å²) >= 11 is 3.33. The van der Waals surface area contributed by atoms with Crippen molar-refractivity contribution in [3.8, 4) is 5.75 Å². The standard InChI is InChI=1S/C21H26BrN3O3/c1-24-11-3-4-16(21(24)15-5-8-18(28-2)9-6-15)12-23-19(26)14-25-13-17(22)7-10-20(25)27/h5-10,13,16,21H,3-4,11-12,14H2,1-2H3,(H,23,26). The molecule has 0 bridgehead atoms. The van der Waals surface area contributed by atoms with Gasteiger partial charge in [0.05, 0.1) is 7.11 Å². The largest absolute Gasteiger partial charge is 0.497 e. The lowest BCUT2D eigenvalue weighted by Gasteiger charge is -2.39. The SMILES string of the molecule is COc1ccc(C2C(CNC(=O)Cn3cc(Br)ccc3=O)CCCN2C)cc1. The molecule has 7 heteroatoms. The van der Waals surface area contributed by atoms with Gasteiger partial charge in [0.15, 0.2) is 0 Å². The number of rotatable bonds is 6. The summed E-state index contributed by atoms with van der Waals surface area (Å²) in [7, 11) is 3.79. The van der Waals surface area contributed by atoms with Gasteiger partial charge in [0.2, 0.25) is 5.91 Å². The number of benzene rings is 1. The van der Waals surface area contributed by atoms with E-state index in [4.69, 9.17) is 4.74 Å². The Bertz CT molecular complexity index is 866. The third-order valence-electron chi connectivity index (χ3n) is 5.29. The number of aromatic nitrogens is 1. The summed E-state index contributed by atoms with van der Waals surface area (Å²) in [6.45, 7) is 1.64. The van der Waals surface area contributed by atoms with Crippen molar-refractivity contribution in [1.29, 1.82) is 0 Å². The van der Waals surface area contributed by atoms with E-state index < -0.39 is 0 Å². The first-order valence-electron chi connectivity index (χ1n) is 9.45. The number of hydrogen-bond donors (Lipinski definition) is 1. The van der Waals surface area contributed by atoms with E-state index in [1.54, 1.807) is 19.4 Å². The molecule has 1 aromatic carbocycles. The van der Waals surface area contributed by atoms with Gasteiger partial charge in [-0.3, -0.25) is 14.5 Å². The van der Waals surface area contributed by atoms with Crippen molar-refractivity contribution in [3.63, 3.8) is 0 Å². The second-order valence-electron chi connectivity index (χ2n) is 7.22. The number of hydrogen-bond acceptors (Lipinski definition) is 4. The van der Waals surface area contributed by atoms with Crippen LogP contribution in [0.5, 0.6) is 5.75 Å². The Morgan fingerprint density at radius 1 is 1.25 bits per heavy atom. The molecule has 1 N–H and O–H groups in total. The summed E-state index contributed by atoms with van der Waals surface area (Å²) in [4.78, 5) is 26.6. The normalized spacial score (nSPS) is 20.0. The fourth-order valence-electron chi connectivity index (χ4n) is 3.88. The van der Waals surface area contributed by atoms with E-state index in [9.17, 15) is 9.59 Å². The zero-order valence-corrected chi connectivity index (χ0v) is 17.8. The molecule has 150 valence electrons. The van der Waals surface area contributed by atoms with Crippen LogP contribution in [0.15, 0.2) is 51.9 Å². The van der Waals surface area contributed by atoms with Crippen molar-refractivity contribution < 1.29 is 9.53 Å². The summed E-state index contributed by atoms with van der Waals surface area (Å²) in [5.74, 6) is 1.00. The van der Waals surface area contributed by atoms with E-state index in [0.29, 0.717) is 12.5 Å². The lowest BCUT2D eigenvalue weighted by Crippen LogP contribution is -2.42. The topological polar surface area (TPSA) is 63.6 Å². The van der Waals surface area contributed by atoms with Gasteiger partial charge in [-0.2, -0.15) is 0 Å². The zero-order valence-electron chi connectivity index (χ0n) is 16.2. The van der Waals surface area contributed by atoms with E-state index in [0.717, 1.165) is 29.6 Å². The van der Waals surface area contributed by atoms with Crippen molar-refractivity contribution in [2.75, 3.05) is 27.2 Å². The van der Waals surface area contributed by atoms with Crippen LogP contribution in [0.25, 0.3) is 0 Å². The van der Waals surface area contributed by atoms with Crippen molar-refractivity contribution in [3.05, 3.63) is 63.0 Å². The molecule has 0 aliphatic carbocycles. The average molecular weight is 448 g/mol. The molecule has 0 spiro atoms. The first-order chi connectivity index (χ1) is 13.5. The lowest BCUT2D eigenvalue weighted by atomic mass is 9.85. The van der Waals surface area contributed by atoms with Crippen LogP contribution in [0.3, 0.4) is 0 Å². The fourth-order valence-corrected chi connectivity index (χ4v) is 4.26. The summed E-state index contributed by atoms with van der Waals surface area (Å²) in [5, 5.41) is 3.03. The van der Waals surface area contributed by atoms with Crippen LogP contribution in [-0.4, -0.2) is 42.6 Å². The van der Waals surface area contributed by atoms with Gasteiger partial charge in [-0.25, -0.2) is 0 Å². The lowest BCUT2D eigenvalue weighted by molar-refractivity contribution is -0.122. The Hall–Kier alpha value is -2.12. The molecule has 1 amide bonds. The molecule has 1 aliphatic rings. The maximum atomic E-state index is 12.4. The summed E-state index contributed by atoms with van der Waals surface area (Å²) in [5.41, 5.74) is 1.04. The highest BCUT2D eigenvalue weighted by atomic mass is 79.9. The minimum absolute atomic E-state index is 0.0219. The Balaban J connectivity index is 1.66. The highest BCUT2D eigenvalue weighted by Crippen LogP contribution is 2.35. The number of ether oxygens (including phenoxy) is 1. The Kier molecular flexibility index (Phi) is 6.91. The number of likely N-dealkylation sites (tertiary alicyclic amines) is 1. The summed E-state index contributed by atoms with van der Waals surface area (Å²) in [6, 6.07) is 11.5. The molecule has 0 saturated carbocycles. The molecular formula is C21H26BrN3O3. The predicted molar refractivity (Wildman–Crippen MR) is 113 cm³/mol. The van der Waals surface area contributed by atoms with Crippen LogP contribution in [0.1, 0.15) is 24.4 Å². The number of halogens is 1. The predicted octanol–water partition coefficient (Wildman–Crippen LogP) is 2.82. The molecule has 1 saturated heterocycles. The molecule has 1 aliphatic heterocycles. The van der Waals surface area contributed by atoms with Crippen molar-refractivity contribution in [2.45, 2.75) is 25.4 Å². The smallest absolute Gasteiger partial charge is 0.251 e. The molecule has 1 aromatic heterocycles. The first kappa shape index (κ1) is 20.6. The van der Waals surface area contributed by atoms with Gasteiger partial charge < -0.3 is 14.6 Å². The van der Waals surface area contributed by atoms with Crippen LogP contribution >= 0.6 is 15.9 Å². The number of carbonyl (C=O) groups excluding carboxylic acids is 1. The number of piperidine rings is 1. The van der Waals surface area contributed by atoms with Gasteiger partial charge in [-0.15, -0.1) is 0 Å². The fraction of sp³-hybridized carbons (Fsp3) is 0.429. The van der Waals surface area contributed by atoms with Gasteiger partial charge in [-0.05, 0) is 72.0 Å². The molecule has 2 atom stereocenters. The molecule has 0 radical (unpaired) electrons. The third-order valence-corrected chi connectivity index (χ3v) is 5.76. The van der Waals surface area contributed by atoms with Gasteiger partial charge >= 0.3 is 0 Å². The minimum Gasteiger partial charge on any atom is -0.497 e. The summed E-state index contributed by atoms with van der Waals surface area (Å²) in [6.07, 6.45) is 3.80. The second kappa shape index (κ2) is 9.39. The highest BCUT2D eigenvalue weighted by Gasteiger charge is 2.30. The second-order valence-corrected chi connectivity index (χ2v) is 8.13. The van der Waals surface area contributed by atoms with Crippen LogP contribution in [0, 0.1) is 5.92 Å². The number of nitrogens with zero attached hydrogens (tertiary/aromatic N) is 2. The summed E-state index contributed by atoms with van der Waals surface area (Å²) < 4.78 is 7.44. The molecule has 1 fully saturated rings. The van der Waals surface area contributed by atoms with Gasteiger partial charge in [-0.1, -0.05) is 12.1 Å². The maximum absolute atomic E-state index is 12.4. The quantitative estimate of drug-likeness (QED) is 0.739. The first-order valence-corrected chi connectivity index (χ1v) is 10.2. The number of methoxy groups -OCH3 is 1. The third kappa shape index (κ3) is 5.02. The van der Waals surface area contributed by atoms with Crippen LogP contribution in [0.2, 0.25) is 0 Å². The van der Waals surface area contributed by atoms with E-state index in [1.165, 1.54) is 16.2 Å². The Morgan fingerprint density at radius 3 is 2.71 bits per heavy atom. The molecule has 28 heavy (non-hydrogen) atoms. The highest BCUT2D eigenvalue weighted by molar-refractivity contribution is 9.10. The van der Waals surface area contributed by atoms with Gasteiger partial charge in [0, 0.05) is 29.3 Å². The number of carbonyl (C=O) groups is 1. The zero-order chi connectivity index (χ0) is 20.1. The molecular weight excluding hydrogens is 422 g/mol. The molecule has 2 heterocycles. The van der Waals surface area contributed by atoms with Crippen LogP contribution < -0.4 is 15.6 Å². The van der Waals surface area contributed by atoms with Crippen molar-refractivity contribution in [2.24, 2.45) is 5.92 Å². The maximum Gasteiger partial charge on any atom is 0.251 e. The number of nitrogens with one attached hydrogen (secondary N) is 1. The Morgan fingerprint density at radius 2 is 2.00 bits per heavy atom. The van der Waals surface area contributed by atoms with E-state index in [-0.39, 0.29) is 24.1 Å². The minimum atomic E-state index is -0.188. The van der Waals surface area contributed by atoms with E-state index >= 15 is 0 Å². The molecule has 3 rings (SSSR count). The van der Waals surface area contributed by atoms with Crippen molar-refractivity contribution >= 4 is 21.8 Å². The van der Waals surface area contributed by atoms with Crippen LogP contribution in [-0.2, 0) is 11.3 Å². The van der Waals surface area contributed by atoms with E-state index in [2.05, 4.69) is 45.3 Å². The van der Waals surface area contributed by atoms with Crippen LogP contribution in [0.4, 0.5) is 0 Å². The molecule has 6 nitrogen and oxygen atoms in total. The van der Waals surface area contributed by atoms with Crippen molar-refractivity contribution in [1.82, 2.24) is 14.8 Å². The number of pyridine rings is 1. The molecule has 2 aromatic rings. The average Bonchev–Trinajstić information content (AvgIpc) is 2.69. The number of amides is 1. The Labute approximate surface area is 173 Å². The van der Waals surface area contributed by atoms with Gasteiger partial charge in [0.1, 0.15) is 12.3 Å². The van der Waals surface area contributed by atoms with E-state index in [1.807, 2.05) is 12.1 Å². The molecule has 2 unspecified atom stereocenters. The monoisotopic (exact) mass is 447 g/mol. The van der Waals surface area contributed by atoms with Gasteiger partial charge in [0.25, 0.3) is 5.56 Å².